The van der Waals surface area contributed by atoms with Gasteiger partial charge >= 0.3 is 0 Å². The number of nitrogens with zero attached hydrogens (tertiary/aromatic N) is 2. The monoisotopic (exact) mass is 498 g/mol. The molecule has 0 aliphatic heterocycles. The fourth-order valence-electron chi connectivity index (χ4n) is 5.30. The third-order valence-electron chi connectivity index (χ3n) is 6.99. The summed E-state index contributed by atoms with van der Waals surface area (Å²) in [7, 11) is 0. The molecule has 0 aliphatic rings. The van der Waals surface area contributed by atoms with Crippen molar-refractivity contribution in [2.24, 2.45) is 0 Å². The molecule has 0 radical (unpaired) electrons. The van der Waals surface area contributed by atoms with Crippen LogP contribution in [0.2, 0.25) is 5.02 Å². The summed E-state index contributed by atoms with van der Waals surface area (Å²) in [5.41, 5.74) is 11.5. The maximum Gasteiger partial charge on any atom is 0.0715 e. The average Bonchev–Trinajstić information content (AvgIpc) is 2.90. The van der Waals surface area contributed by atoms with E-state index < -0.39 is 0 Å². The molecule has 0 atom stereocenters. The summed E-state index contributed by atoms with van der Waals surface area (Å²) in [6, 6.07) is 38.2. The van der Waals surface area contributed by atoms with E-state index in [0.29, 0.717) is 0 Å². The predicted molar refractivity (Wildman–Crippen MR) is 159 cm³/mol. The largest absolute Gasteiger partial charge is 0.310 e. The van der Waals surface area contributed by atoms with Gasteiger partial charge in [-0.3, -0.25) is 0 Å². The van der Waals surface area contributed by atoms with Gasteiger partial charge in [-0.15, -0.1) is 0 Å². The molecule has 0 amide bonds. The molecule has 2 nitrogen and oxygen atoms in total. The fraction of sp³-hybridized carbons (Fsp3) is 0.0882. The molecule has 180 valence electrons. The summed E-state index contributed by atoms with van der Waals surface area (Å²) >= 11 is 6.24. The number of anilines is 3. The molecule has 0 fully saturated rings. The normalized spacial score (nSPS) is 11.2. The molecule has 1 aromatic heterocycles. The first kappa shape index (κ1) is 23.3. The molecule has 0 spiro atoms. The highest BCUT2D eigenvalue weighted by atomic mass is 35.5. The first-order valence-electron chi connectivity index (χ1n) is 12.5. The molecule has 3 heteroatoms. The molecule has 0 unspecified atom stereocenters. The molecule has 1 heterocycles. The van der Waals surface area contributed by atoms with Gasteiger partial charge < -0.3 is 4.90 Å². The third-order valence-corrected chi connectivity index (χ3v) is 7.24. The van der Waals surface area contributed by atoms with E-state index in [-0.39, 0.29) is 0 Å². The Kier molecular flexibility index (Phi) is 5.90. The van der Waals surface area contributed by atoms with Crippen LogP contribution in [0.1, 0.15) is 16.7 Å². The van der Waals surface area contributed by atoms with Crippen LogP contribution in [-0.2, 0) is 0 Å². The van der Waals surface area contributed by atoms with Crippen LogP contribution in [0.4, 0.5) is 17.1 Å². The summed E-state index contributed by atoms with van der Waals surface area (Å²) in [6.07, 6.45) is 0. The molecule has 0 bridgehead atoms. The topological polar surface area (TPSA) is 16.1 Å². The van der Waals surface area contributed by atoms with Crippen molar-refractivity contribution < 1.29 is 0 Å². The lowest BCUT2D eigenvalue weighted by Crippen LogP contribution is -2.11. The Morgan fingerprint density at radius 2 is 1.03 bits per heavy atom. The van der Waals surface area contributed by atoms with E-state index in [0.717, 1.165) is 33.1 Å². The molecular weight excluding hydrogens is 472 g/mol. The molecule has 0 aliphatic carbocycles. The van der Waals surface area contributed by atoms with E-state index in [9.17, 15) is 0 Å². The number of para-hydroxylation sites is 2. The quantitative estimate of drug-likeness (QED) is 0.225. The zero-order valence-corrected chi connectivity index (χ0v) is 21.9. The summed E-state index contributed by atoms with van der Waals surface area (Å²) in [6.45, 7) is 6.54. The number of hydrogen-bond acceptors (Lipinski definition) is 2. The van der Waals surface area contributed by atoms with Crippen molar-refractivity contribution in [3.63, 3.8) is 0 Å². The molecule has 37 heavy (non-hydrogen) atoms. The number of halogens is 1. The zero-order chi connectivity index (χ0) is 25.5. The van der Waals surface area contributed by atoms with E-state index in [1.54, 1.807) is 0 Å². The predicted octanol–water partition coefficient (Wildman–Crippen LogP) is 10.1. The molecule has 5 aromatic carbocycles. The van der Waals surface area contributed by atoms with Gasteiger partial charge in [-0.25, -0.2) is 4.98 Å². The van der Waals surface area contributed by atoms with Gasteiger partial charge in [-0.05, 0) is 98.1 Å². The number of benzene rings is 5. The summed E-state index contributed by atoms with van der Waals surface area (Å²) in [4.78, 5) is 7.24. The highest BCUT2D eigenvalue weighted by Crippen LogP contribution is 2.42. The van der Waals surface area contributed by atoms with Crippen molar-refractivity contribution in [2.45, 2.75) is 20.8 Å². The van der Waals surface area contributed by atoms with Crippen LogP contribution >= 0.6 is 11.6 Å². The van der Waals surface area contributed by atoms with Crippen molar-refractivity contribution in [1.82, 2.24) is 4.98 Å². The van der Waals surface area contributed by atoms with Crippen LogP contribution in [0, 0.1) is 20.8 Å². The average molecular weight is 499 g/mol. The Balaban J connectivity index is 1.59. The SMILES string of the molecule is Cc1ccc(N(c2ccc(Cl)cc2)c2cc(C)c(-c3c4ccccc4nc4ccccc34)c(C)c2)cc1. The lowest BCUT2D eigenvalue weighted by molar-refractivity contribution is 1.25. The Labute approximate surface area is 222 Å². The lowest BCUT2D eigenvalue weighted by atomic mass is 9.89. The Hall–Kier alpha value is -4.14. The van der Waals surface area contributed by atoms with Gasteiger partial charge in [0.15, 0.2) is 0 Å². The molecular formula is C34H27ClN2. The maximum atomic E-state index is 6.24. The van der Waals surface area contributed by atoms with Crippen LogP contribution in [0.15, 0.2) is 109 Å². The summed E-state index contributed by atoms with van der Waals surface area (Å²) in [5, 5.41) is 3.08. The molecule has 0 saturated heterocycles. The van der Waals surface area contributed by atoms with Gasteiger partial charge in [0.25, 0.3) is 0 Å². The van der Waals surface area contributed by atoms with Gasteiger partial charge in [-0.2, -0.15) is 0 Å². The number of fused-ring (bicyclic) bond motifs is 2. The van der Waals surface area contributed by atoms with Crippen molar-refractivity contribution in [3.05, 3.63) is 131 Å². The van der Waals surface area contributed by atoms with Crippen LogP contribution < -0.4 is 4.90 Å². The van der Waals surface area contributed by atoms with Gasteiger partial charge in [0, 0.05) is 38.4 Å². The molecule has 6 rings (SSSR count). The van der Waals surface area contributed by atoms with Gasteiger partial charge in [0.1, 0.15) is 0 Å². The number of rotatable bonds is 4. The van der Waals surface area contributed by atoms with Crippen molar-refractivity contribution in [3.8, 4) is 11.1 Å². The Morgan fingerprint density at radius 1 is 0.541 bits per heavy atom. The molecule has 0 N–H and O–H groups in total. The first-order valence-corrected chi connectivity index (χ1v) is 12.9. The minimum absolute atomic E-state index is 0.728. The molecule has 0 saturated carbocycles. The van der Waals surface area contributed by atoms with Crippen LogP contribution in [0.3, 0.4) is 0 Å². The van der Waals surface area contributed by atoms with E-state index in [1.807, 2.05) is 12.1 Å². The van der Waals surface area contributed by atoms with Gasteiger partial charge in [0.05, 0.1) is 11.0 Å². The smallest absolute Gasteiger partial charge is 0.0715 e. The van der Waals surface area contributed by atoms with Crippen molar-refractivity contribution in [2.75, 3.05) is 4.90 Å². The minimum Gasteiger partial charge on any atom is -0.310 e. The second-order valence-electron chi connectivity index (χ2n) is 9.62. The Morgan fingerprint density at radius 3 is 1.57 bits per heavy atom. The van der Waals surface area contributed by atoms with Crippen LogP contribution in [-0.4, -0.2) is 4.98 Å². The first-order chi connectivity index (χ1) is 18.0. The van der Waals surface area contributed by atoms with Crippen LogP contribution in [0.25, 0.3) is 32.9 Å². The van der Waals surface area contributed by atoms with E-state index in [4.69, 9.17) is 16.6 Å². The van der Waals surface area contributed by atoms with Gasteiger partial charge in [-0.1, -0.05) is 65.7 Å². The second kappa shape index (κ2) is 9.38. The maximum absolute atomic E-state index is 6.24. The van der Waals surface area contributed by atoms with E-state index in [2.05, 4.69) is 123 Å². The van der Waals surface area contributed by atoms with E-state index >= 15 is 0 Å². The number of pyridine rings is 1. The second-order valence-corrected chi connectivity index (χ2v) is 10.1. The number of aryl methyl sites for hydroxylation is 3. The standard InChI is InChI=1S/C34H27ClN2/c1-22-12-16-26(17-13-22)37(27-18-14-25(35)15-19-27)28-20-23(2)33(24(3)21-28)34-29-8-4-6-10-31(29)36-32-11-7-5-9-30(32)34/h4-21H,1-3H3. The highest BCUT2D eigenvalue weighted by molar-refractivity contribution is 6.30. The van der Waals surface area contributed by atoms with Crippen molar-refractivity contribution in [1.29, 1.82) is 0 Å². The number of hydrogen-bond donors (Lipinski definition) is 0. The van der Waals surface area contributed by atoms with Crippen molar-refractivity contribution >= 4 is 50.5 Å². The zero-order valence-electron chi connectivity index (χ0n) is 21.2. The summed E-state index contributed by atoms with van der Waals surface area (Å²) < 4.78 is 0. The summed E-state index contributed by atoms with van der Waals surface area (Å²) in [5.74, 6) is 0. The third kappa shape index (κ3) is 4.24. The molecule has 6 aromatic rings. The van der Waals surface area contributed by atoms with Gasteiger partial charge in [0.2, 0.25) is 0 Å². The van der Waals surface area contributed by atoms with Crippen LogP contribution in [0.5, 0.6) is 0 Å². The lowest BCUT2D eigenvalue weighted by Gasteiger charge is -2.27. The minimum atomic E-state index is 0.728. The Bertz CT molecular complexity index is 1630. The van der Waals surface area contributed by atoms with E-state index in [1.165, 1.54) is 38.6 Å². The fourth-order valence-corrected chi connectivity index (χ4v) is 5.43. The highest BCUT2D eigenvalue weighted by Gasteiger charge is 2.19. The number of aromatic nitrogens is 1.